The van der Waals surface area contributed by atoms with E-state index in [1.54, 1.807) is 0 Å². The highest BCUT2D eigenvalue weighted by molar-refractivity contribution is 9.11. The first kappa shape index (κ1) is 21.0. The second-order valence-corrected chi connectivity index (χ2v) is 6.84. The van der Waals surface area contributed by atoms with Crippen molar-refractivity contribution in [2.45, 2.75) is 31.5 Å². The van der Waals surface area contributed by atoms with Crippen LogP contribution in [0.5, 0.6) is 0 Å². The van der Waals surface area contributed by atoms with Crippen LogP contribution in [0, 0.1) is 0 Å². The lowest BCUT2D eigenvalue weighted by Gasteiger charge is -2.16. The standard InChI is InChI=1S/C19H19BrN2O7/c20-7-6-13-9-22(18(25)21-17(13)24)16-8-14(23)15(29-16)11-28-19(26)27-10-12-4-2-1-3-5-12/h1-7,9,14-16,23H,8,10-11H2,(H,21,24,25)/t14-,15+,16+/m0/s1. The van der Waals surface area contributed by atoms with Crippen LogP contribution in [0.15, 0.2) is 51.1 Å². The number of carbonyl (C=O) groups excluding carboxylic acids is 1. The number of aliphatic hydroxyl groups excluding tert-OH is 1. The van der Waals surface area contributed by atoms with Gasteiger partial charge in [0.15, 0.2) is 0 Å². The fourth-order valence-electron chi connectivity index (χ4n) is 2.85. The van der Waals surface area contributed by atoms with E-state index < -0.39 is 35.8 Å². The van der Waals surface area contributed by atoms with Crippen molar-refractivity contribution < 1.29 is 24.1 Å². The van der Waals surface area contributed by atoms with Crippen molar-refractivity contribution in [3.8, 4) is 0 Å². The van der Waals surface area contributed by atoms with Gasteiger partial charge in [0.2, 0.25) is 0 Å². The molecule has 0 saturated carbocycles. The second-order valence-electron chi connectivity index (χ2n) is 6.31. The van der Waals surface area contributed by atoms with Gasteiger partial charge in [-0.15, -0.1) is 0 Å². The Bertz CT molecular complexity index is 986. The number of hydrogen-bond donors (Lipinski definition) is 2. The largest absolute Gasteiger partial charge is 0.508 e. The molecule has 10 heteroatoms. The highest BCUT2D eigenvalue weighted by Gasteiger charge is 2.36. The maximum absolute atomic E-state index is 12.1. The van der Waals surface area contributed by atoms with Crippen molar-refractivity contribution in [3.63, 3.8) is 0 Å². The zero-order valence-electron chi connectivity index (χ0n) is 15.2. The first-order chi connectivity index (χ1) is 14.0. The third-order valence-corrected chi connectivity index (χ3v) is 4.58. The van der Waals surface area contributed by atoms with E-state index >= 15 is 0 Å². The molecule has 3 rings (SSSR count). The zero-order valence-corrected chi connectivity index (χ0v) is 16.8. The quantitative estimate of drug-likeness (QED) is 0.623. The number of ether oxygens (including phenoxy) is 3. The average Bonchev–Trinajstić information content (AvgIpc) is 3.08. The Labute approximate surface area is 173 Å². The molecule has 1 saturated heterocycles. The fourth-order valence-corrected chi connectivity index (χ4v) is 3.13. The average molecular weight is 467 g/mol. The van der Waals surface area contributed by atoms with Gasteiger partial charge in [0.05, 0.1) is 11.7 Å². The molecule has 0 amide bonds. The Kier molecular flexibility index (Phi) is 7.02. The van der Waals surface area contributed by atoms with Crippen molar-refractivity contribution in [1.82, 2.24) is 9.55 Å². The molecule has 0 unspecified atom stereocenters. The van der Waals surface area contributed by atoms with Crippen LogP contribution in [0.25, 0.3) is 6.08 Å². The van der Waals surface area contributed by atoms with Crippen LogP contribution in [0.4, 0.5) is 4.79 Å². The summed E-state index contributed by atoms with van der Waals surface area (Å²) >= 11 is 3.08. The van der Waals surface area contributed by atoms with Crippen LogP contribution in [-0.4, -0.2) is 39.6 Å². The molecule has 1 fully saturated rings. The normalized spacial score (nSPS) is 21.4. The third-order valence-electron chi connectivity index (χ3n) is 4.32. The van der Waals surface area contributed by atoms with E-state index in [4.69, 9.17) is 14.2 Å². The highest BCUT2D eigenvalue weighted by Crippen LogP contribution is 2.28. The van der Waals surface area contributed by atoms with Gasteiger partial charge in [-0.1, -0.05) is 46.3 Å². The molecule has 2 heterocycles. The molecule has 0 spiro atoms. The Morgan fingerprint density at radius 1 is 1.31 bits per heavy atom. The number of aliphatic hydroxyl groups is 1. The number of aromatic nitrogens is 2. The van der Waals surface area contributed by atoms with Crippen LogP contribution in [0.1, 0.15) is 23.8 Å². The predicted octanol–water partition coefficient (Wildman–Crippen LogP) is 1.90. The second kappa shape index (κ2) is 9.68. The van der Waals surface area contributed by atoms with E-state index in [0.29, 0.717) is 0 Å². The lowest BCUT2D eigenvalue weighted by molar-refractivity contribution is -0.0595. The van der Waals surface area contributed by atoms with E-state index in [-0.39, 0.29) is 25.2 Å². The van der Waals surface area contributed by atoms with Gasteiger partial charge in [0, 0.05) is 12.6 Å². The summed E-state index contributed by atoms with van der Waals surface area (Å²) in [4.78, 5) is 39.3. The van der Waals surface area contributed by atoms with E-state index in [2.05, 4.69) is 20.9 Å². The Balaban J connectivity index is 1.57. The summed E-state index contributed by atoms with van der Waals surface area (Å²) in [6, 6.07) is 9.12. The molecule has 1 aliphatic rings. The van der Waals surface area contributed by atoms with Crippen LogP contribution < -0.4 is 11.2 Å². The maximum Gasteiger partial charge on any atom is 0.508 e. The summed E-state index contributed by atoms with van der Waals surface area (Å²) in [5.41, 5.74) is -0.152. The molecule has 1 aromatic carbocycles. The number of carbonyl (C=O) groups is 1. The minimum atomic E-state index is -0.962. The Morgan fingerprint density at radius 2 is 2.07 bits per heavy atom. The van der Waals surface area contributed by atoms with E-state index in [1.807, 2.05) is 30.3 Å². The lowest BCUT2D eigenvalue weighted by Crippen LogP contribution is -2.33. The molecule has 154 valence electrons. The van der Waals surface area contributed by atoms with Gasteiger partial charge in [0.25, 0.3) is 5.56 Å². The van der Waals surface area contributed by atoms with Gasteiger partial charge >= 0.3 is 11.8 Å². The molecule has 2 N–H and O–H groups in total. The van der Waals surface area contributed by atoms with Gasteiger partial charge in [0.1, 0.15) is 25.5 Å². The molecule has 1 aliphatic heterocycles. The number of halogens is 1. The number of nitrogens with zero attached hydrogens (tertiary/aromatic N) is 1. The minimum Gasteiger partial charge on any atom is -0.431 e. The third kappa shape index (κ3) is 5.43. The van der Waals surface area contributed by atoms with E-state index in [9.17, 15) is 19.5 Å². The smallest absolute Gasteiger partial charge is 0.431 e. The van der Waals surface area contributed by atoms with Crippen molar-refractivity contribution >= 4 is 28.2 Å². The Hall–Kier alpha value is -2.69. The van der Waals surface area contributed by atoms with Crippen LogP contribution in [0.2, 0.25) is 0 Å². The topological polar surface area (TPSA) is 120 Å². The predicted molar refractivity (Wildman–Crippen MR) is 106 cm³/mol. The molecule has 0 bridgehead atoms. The van der Waals surface area contributed by atoms with Gasteiger partial charge in [-0.3, -0.25) is 14.3 Å². The van der Waals surface area contributed by atoms with Gasteiger partial charge in [-0.2, -0.15) is 0 Å². The van der Waals surface area contributed by atoms with E-state index in [0.717, 1.165) is 5.56 Å². The summed E-state index contributed by atoms with van der Waals surface area (Å²) in [6.07, 6.45) is -0.591. The molecule has 29 heavy (non-hydrogen) atoms. The fraction of sp³-hybridized carbons (Fsp3) is 0.316. The minimum absolute atomic E-state index is 0.0625. The molecule has 0 aliphatic carbocycles. The lowest BCUT2D eigenvalue weighted by atomic mass is 10.2. The van der Waals surface area contributed by atoms with E-state index in [1.165, 1.54) is 21.8 Å². The molecule has 0 radical (unpaired) electrons. The molecule has 9 nitrogen and oxygen atoms in total. The monoisotopic (exact) mass is 466 g/mol. The highest BCUT2D eigenvalue weighted by atomic mass is 79.9. The Morgan fingerprint density at radius 3 is 2.79 bits per heavy atom. The van der Waals surface area contributed by atoms with Gasteiger partial charge in [-0.25, -0.2) is 9.59 Å². The van der Waals surface area contributed by atoms with Crippen molar-refractivity contribution in [2.75, 3.05) is 6.61 Å². The van der Waals surface area contributed by atoms with Crippen LogP contribution in [0.3, 0.4) is 0 Å². The summed E-state index contributed by atoms with van der Waals surface area (Å²) in [6.45, 7) is -0.176. The number of benzene rings is 1. The molecular weight excluding hydrogens is 448 g/mol. The summed E-state index contributed by atoms with van der Waals surface area (Å²) < 4.78 is 16.8. The molecule has 2 aromatic rings. The van der Waals surface area contributed by atoms with Crippen molar-refractivity contribution in [1.29, 1.82) is 0 Å². The first-order valence-corrected chi connectivity index (χ1v) is 9.68. The SMILES string of the molecule is O=C(OCc1ccccc1)OC[C@H]1O[C@@H](n2cc(C=CBr)c(=O)[nH]c2=O)C[C@@H]1O. The number of hydrogen-bond acceptors (Lipinski definition) is 7. The zero-order chi connectivity index (χ0) is 20.8. The number of rotatable bonds is 6. The van der Waals surface area contributed by atoms with Crippen molar-refractivity contribution in [3.05, 3.63) is 73.5 Å². The number of aromatic amines is 1. The van der Waals surface area contributed by atoms with Crippen LogP contribution >= 0.6 is 15.9 Å². The summed E-state index contributed by atoms with van der Waals surface area (Å²) in [5, 5.41) is 10.2. The summed E-state index contributed by atoms with van der Waals surface area (Å²) in [7, 11) is 0. The van der Waals surface area contributed by atoms with Gasteiger partial charge < -0.3 is 19.3 Å². The maximum atomic E-state index is 12.1. The van der Waals surface area contributed by atoms with Crippen LogP contribution in [-0.2, 0) is 20.8 Å². The van der Waals surface area contributed by atoms with Crippen molar-refractivity contribution in [2.24, 2.45) is 0 Å². The number of H-pyrrole nitrogens is 1. The number of nitrogens with one attached hydrogen (secondary N) is 1. The molecular formula is C19H19BrN2O7. The van der Waals surface area contributed by atoms with Gasteiger partial charge in [-0.05, 0) is 16.6 Å². The summed E-state index contributed by atoms with van der Waals surface area (Å²) in [5.74, 6) is 0. The first-order valence-electron chi connectivity index (χ1n) is 8.77. The molecule has 3 atom stereocenters. The molecule has 1 aromatic heterocycles.